The number of esters is 1. The third kappa shape index (κ3) is 3.66. The Kier molecular flexibility index (Phi) is 4.70. The van der Waals surface area contributed by atoms with Crippen molar-refractivity contribution in [3.05, 3.63) is 74.2 Å². The van der Waals surface area contributed by atoms with E-state index in [0.717, 1.165) is 5.56 Å². The SMILES string of the molecule is C[C@H](OC(=O)c1ccc(Br)c([N+](=O)[O-])c1)c1ccccc1. The second-order valence-electron chi connectivity index (χ2n) is 4.38. The van der Waals surface area contributed by atoms with Crippen LogP contribution in [0.5, 0.6) is 0 Å². The van der Waals surface area contributed by atoms with E-state index in [2.05, 4.69) is 15.9 Å². The van der Waals surface area contributed by atoms with Gasteiger partial charge in [0.25, 0.3) is 5.69 Å². The predicted molar refractivity (Wildman–Crippen MR) is 81.1 cm³/mol. The van der Waals surface area contributed by atoms with E-state index in [1.807, 2.05) is 30.3 Å². The topological polar surface area (TPSA) is 69.4 Å². The zero-order valence-electron chi connectivity index (χ0n) is 11.2. The molecule has 2 aromatic carbocycles. The van der Waals surface area contributed by atoms with Crippen LogP contribution in [0.25, 0.3) is 0 Å². The fourth-order valence-electron chi connectivity index (χ4n) is 1.80. The molecule has 0 radical (unpaired) electrons. The number of nitrogens with zero attached hydrogens (tertiary/aromatic N) is 1. The van der Waals surface area contributed by atoms with Crippen molar-refractivity contribution < 1.29 is 14.5 Å². The number of carbonyl (C=O) groups is 1. The number of carbonyl (C=O) groups excluding carboxylic acids is 1. The first-order valence-electron chi connectivity index (χ1n) is 6.19. The van der Waals surface area contributed by atoms with Crippen LogP contribution in [-0.2, 0) is 4.74 Å². The molecule has 2 aromatic rings. The molecule has 0 heterocycles. The van der Waals surface area contributed by atoms with Gasteiger partial charge in [-0.15, -0.1) is 0 Å². The van der Waals surface area contributed by atoms with Gasteiger partial charge >= 0.3 is 5.97 Å². The Morgan fingerprint density at radius 3 is 2.52 bits per heavy atom. The summed E-state index contributed by atoms with van der Waals surface area (Å²) in [6.07, 6.45) is -0.429. The van der Waals surface area contributed by atoms with Crippen molar-refractivity contribution in [2.75, 3.05) is 0 Å². The van der Waals surface area contributed by atoms with Crippen molar-refractivity contribution in [1.29, 1.82) is 0 Å². The van der Waals surface area contributed by atoms with Crippen molar-refractivity contribution in [3.8, 4) is 0 Å². The molecule has 0 N–H and O–H groups in total. The van der Waals surface area contributed by atoms with Crippen LogP contribution in [0.4, 0.5) is 5.69 Å². The van der Waals surface area contributed by atoms with E-state index in [9.17, 15) is 14.9 Å². The van der Waals surface area contributed by atoms with Crippen molar-refractivity contribution in [1.82, 2.24) is 0 Å². The van der Waals surface area contributed by atoms with Crippen molar-refractivity contribution in [2.45, 2.75) is 13.0 Å². The van der Waals surface area contributed by atoms with E-state index in [1.165, 1.54) is 18.2 Å². The molecule has 5 nitrogen and oxygen atoms in total. The van der Waals surface area contributed by atoms with Gasteiger partial charge in [-0.2, -0.15) is 0 Å². The minimum absolute atomic E-state index is 0.146. The van der Waals surface area contributed by atoms with Crippen LogP contribution < -0.4 is 0 Å². The summed E-state index contributed by atoms with van der Waals surface area (Å²) in [6, 6.07) is 13.4. The predicted octanol–water partition coefficient (Wildman–Crippen LogP) is 4.28. The second kappa shape index (κ2) is 6.49. The lowest BCUT2D eigenvalue weighted by Gasteiger charge is -2.13. The van der Waals surface area contributed by atoms with E-state index < -0.39 is 17.0 Å². The Balaban J connectivity index is 2.17. The van der Waals surface area contributed by atoms with Crippen LogP contribution in [0, 0.1) is 10.1 Å². The smallest absolute Gasteiger partial charge is 0.338 e. The normalized spacial score (nSPS) is 11.7. The maximum Gasteiger partial charge on any atom is 0.338 e. The molecule has 0 spiro atoms. The van der Waals surface area contributed by atoms with Crippen molar-refractivity contribution >= 4 is 27.6 Å². The average Bonchev–Trinajstić information content (AvgIpc) is 2.48. The van der Waals surface area contributed by atoms with E-state index in [1.54, 1.807) is 6.92 Å². The molecular weight excluding hydrogens is 338 g/mol. The molecule has 0 fully saturated rings. The van der Waals surface area contributed by atoms with Gasteiger partial charge in [-0.25, -0.2) is 4.79 Å². The van der Waals surface area contributed by atoms with Crippen LogP contribution in [0.2, 0.25) is 0 Å². The van der Waals surface area contributed by atoms with Gasteiger partial charge in [-0.05, 0) is 40.5 Å². The molecule has 0 aromatic heterocycles. The maximum atomic E-state index is 12.1. The molecule has 21 heavy (non-hydrogen) atoms. The number of benzene rings is 2. The summed E-state index contributed by atoms with van der Waals surface area (Å²) < 4.78 is 5.64. The van der Waals surface area contributed by atoms with Gasteiger partial charge in [0.15, 0.2) is 0 Å². The summed E-state index contributed by atoms with van der Waals surface area (Å²) >= 11 is 3.07. The number of hydrogen-bond acceptors (Lipinski definition) is 4. The number of ether oxygens (including phenoxy) is 1. The molecule has 0 saturated heterocycles. The first-order chi connectivity index (χ1) is 9.99. The van der Waals surface area contributed by atoms with Gasteiger partial charge < -0.3 is 4.74 Å². The van der Waals surface area contributed by atoms with E-state index in [-0.39, 0.29) is 11.3 Å². The summed E-state index contributed by atoms with van der Waals surface area (Å²) in [6.45, 7) is 1.75. The highest BCUT2D eigenvalue weighted by atomic mass is 79.9. The minimum atomic E-state index is -0.595. The average molecular weight is 350 g/mol. The standard InChI is InChI=1S/C15H12BrNO4/c1-10(11-5-3-2-4-6-11)21-15(18)12-7-8-13(16)14(9-12)17(19)20/h2-10H,1H3/t10-/m0/s1. The van der Waals surface area contributed by atoms with E-state index >= 15 is 0 Å². The summed E-state index contributed by atoms with van der Waals surface area (Å²) in [5, 5.41) is 10.9. The molecule has 108 valence electrons. The number of nitro benzene ring substituents is 1. The van der Waals surface area contributed by atoms with Crippen LogP contribution in [0.1, 0.15) is 28.9 Å². The third-order valence-electron chi connectivity index (χ3n) is 2.93. The highest BCUT2D eigenvalue weighted by Crippen LogP contribution is 2.27. The molecule has 1 atom stereocenters. The molecule has 0 aliphatic rings. The van der Waals surface area contributed by atoms with Crippen LogP contribution in [0.3, 0.4) is 0 Å². The quantitative estimate of drug-likeness (QED) is 0.469. The largest absolute Gasteiger partial charge is 0.454 e. The first kappa shape index (κ1) is 15.2. The third-order valence-corrected chi connectivity index (χ3v) is 3.60. The summed E-state index contributed by atoms with van der Waals surface area (Å²) in [5.41, 5.74) is 0.835. The molecular formula is C15H12BrNO4. The molecule has 0 amide bonds. The van der Waals surface area contributed by atoms with Gasteiger partial charge in [0.1, 0.15) is 6.10 Å². The maximum absolute atomic E-state index is 12.1. The van der Waals surface area contributed by atoms with Crippen molar-refractivity contribution in [2.24, 2.45) is 0 Å². The molecule has 6 heteroatoms. The zero-order chi connectivity index (χ0) is 15.4. The summed E-state index contributed by atoms with van der Waals surface area (Å²) in [4.78, 5) is 22.4. The van der Waals surface area contributed by atoms with Gasteiger partial charge in [-0.1, -0.05) is 30.3 Å². The monoisotopic (exact) mass is 349 g/mol. The summed E-state index contributed by atoms with van der Waals surface area (Å²) in [7, 11) is 0. The van der Waals surface area contributed by atoms with Crippen LogP contribution in [-0.4, -0.2) is 10.9 Å². The Bertz CT molecular complexity index is 673. The summed E-state index contributed by atoms with van der Waals surface area (Å²) in [5.74, 6) is -0.595. The minimum Gasteiger partial charge on any atom is -0.454 e. The molecule has 0 bridgehead atoms. The Morgan fingerprint density at radius 1 is 1.24 bits per heavy atom. The molecule has 0 aliphatic heterocycles. The van der Waals surface area contributed by atoms with Gasteiger partial charge in [0, 0.05) is 6.07 Å². The lowest BCUT2D eigenvalue weighted by Crippen LogP contribution is -2.09. The number of rotatable bonds is 4. The zero-order valence-corrected chi connectivity index (χ0v) is 12.7. The lowest BCUT2D eigenvalue weighted by molar-refractivity contribution is -0.385. The number of nitro groups is 1. The van der Waals surface area contributed by atoms with E-state index in [0.29, 0.717) is 4.47 Å². The van der Waals surface area contributed by atoms with Crippen molar-refractivity contribution in [3.63, 3.8) is 0 Å². The first-order valence-corrected chi connectivity index (χ1v) is 6.98. The van der Waals surface area contributed by atoms with Crippen LogP contribution >= 0.6 is 15.9 Å². The highest BCUT2D eigenvalue weighted by Gasteiger charge is 2.18. The number of halogens is 1. The lowest BCUT2D eigenvalue weighted by atomic mass is 10.1. The van der Waals surface area contributed by atoms with Gasteiger partial charge in [-0.3, -0.25) is 10.1 Å². The highest BCUT2D eigenvalue weighted by molar-refractivity contribution is 9.10. The molecule has 0 saturated carbocycles. The fourth-order valence-corrected chi connectivity index (χ4v) is 2.19. The Hall–Kier alpha value is -2.21. The van der Waals surface area contributed by atoms with Gasteiger partial charge in [0.2, 0.25) is 0 Å². The molecule has 0 aliphatic carbocycles. The second-order valence-corrected chi connectivity index (χ2v) is 5.24. The fraction of sp³-hybridized carbons (Fsp3) is 0.133. The number of hydrogen-bond donors (Lipinski definition) is 0. The van der Waals surface area contributed by atoms with E-state index in [4.69, 9.17) is 4.74 Å². The Labute approximate surface area is 129 Å². The van der Waals surface area contributed by atoms with Crippen LogP contribution in [0.15, 0.2) is 53.0 Å². The Morgan fingerprint density at radius 2 is 1.90 bits per heavy atom. The molecule has 2 rings (SSSR count). The van der Waals surface area contributed by atoms with Gasteiger partial charge in [0.05, 0.1) is 15.0 Å². The molecule has 0 unspecified atom stereocenters.